The summed E-state index contributed by atoms with van der Waals surface area (Å²) >= 11 is 6.07. The van der Waals surface area contributed by atoms with E-state index in [0.717, 1.165) is 5.56 Å². The van der Waals surface area contributed by atoms with Gasteiger partial charge in [-0.15, -0.1) is 0 Å². The highest BCUT2D eigenvalue weighted by Crippen LogP contribution is 2.41. The smallest absolute Gasteiger partial charge is 0.325 e. The van der Waals surface area contributed by atoms with E-state index in [1.54, 1.807) is 12.1 Å². The second kappa shape index (κ2) is 6.17. The van der Waals surface area contributed by atoms with Crippen molar-refractivity contribution in [2.24, 2.45) is 0 Å². The van der Waals surface area contributed by atoms with Crippen LogP contribution in [0.2, 0.25) is 5.02 Å². The molecule has 140 valence electrons. The molecule has 0 fully saturated rings. The van der Waals surface area contributed by atoms with Crippen LogP contribution in [0, 0.1) is 12.7 Å². The summed E-state index contributed by atoms with van der Waals surface area (Å²) in [4.78, 5) is 16.9. The second-order valence-electron chi connectivity index (χ2n) is 6.69. The zero-order valence-corrected chi connectivity index (χ0v) is 15.5. The SMILES string of the molecule is Cc1nn(-c2nc3ccccc3o2)c2c1[C@@H](c1cc(Cl)ccc1F)CC(=O)N2. The summed E-state index contributed by atoms with van der Waals surface area (Å²) in [5.74, 6) is -0.719. The number of benzene rings is 2. The maximum atomic E-state index is 14.5. The van der Waals surface area contributed by atoms with Crippen molar-refractivity contribution >= 4 is 34.4 Å². The van der Waals surface area contributed by atoms with Gasteiger partial charge < -0.3 is 9.73 Å². The van der Waals surface area contributed by atoms with Crippen LogP contribution in [0.25, 0.3) is 17.1 Å². The van der Waals surface area contributed by atoms with E-state index in [4.69, 9.17) is 16.0 Å². The quantitative estimate of drug-likeness (QED) is 0.538. The van der Waals surface area contributed by atoms with Crippen LogP contribution in [0.15, 0.2) is 46.9 Å². The number of rotatable bonds is 2. The number of nitrogens with one attached hydrogen (secondary N) is 1. The Kier molecular flexibility index (Phi) is 3.73. The standard InChI is InChI=1S/C20H14ClFN4O2/c1-10-18-13(12-8-11(21)6-7-14(12)22)9-17(27)24-19(18)26(25-10)20-23-15-4-2-3-5-16(15)28-20/h2-8,13H,9H2,1H3,(H,24,27)/t13-/m1/s1. The molecule has 1 N–H and O–H groups in total. The Morgan fingerprint density at radius 2 is 2.11 bits per heavy atom. The minimum Gasteiger partial charge on any atom is -0.422 e. The molecule has 28 heavy (non-hydrogen) atoms. The Labute approximate surface area is 163 Å². The number of halogens is 2. The van der Waals surface area contributed by atoms with Crippen LogP contribution >= 0.6 is 11.6 Å². The number of hydrogen-bond acceptors (Lipinski definition) is 4. The maximum Gasteiger partial charge on any atom is 0.325 e. The summed E-state index contributed by atoms with van der Waals surface area (Å²) in [6.07, 6.45) is 0.102. The van der Waals surface area contributed by atoms with Crippen molar-refractivity contribution in [2.45, 2.75) is 19.3 Å². The van der Waals surface area contributed by atoms with E-state index >= 15 is 0 Å². The summed E-state index contributed by atoms with van der Waals surface area (Å²) < 4.78 is 21.8. The highest BCUT2D eigenvalue weighted by Gasteiger charge is 2.35. The first-order valence-corrected chi connectivity index (χ1v) is 9.09. The monoisotopic (exact) mass is 396 g/mol. The van der Waals surface area contributed by atoms with E-state index in [0.29, 0.717) is 33.2 Å². The Balaban J connectivity index is 1.70. The van der Waals surface area contributed by atoms with Crippen LogP contribution in [-0.4, -0.2) is 20.7 Å². The largest absolute Gasteiger partial charge is 0.422 e. The van der Waals surface area contributed by atoms with Crippen LogP contribution in [0.1, 0.15) is 29.2 Å². The van der Waals surface area contributed by atoms with Gasteiger partial charge in [0.05, 0.1) is 5.69 Å². The Morgan fingerprint density at radius 1 is 1.29 bits per heavy atom. The lowest BCUT2D eigenvalue weighted by Gasteiger charge is -2.24. The van der Waals surface area contributed by atoms with Crippen LogP contribution in [0.5, 0.6) is 0 Å². The maximum absolute atomic E-state index is 14.5. The molecule has 1 atom stereocenters. The molecule has 5 rings (SSSR count). The average Bonchev–Trinajstić information content (AvgIpc) is 3.24. The molecule has 0 saturated carbocycles. The topological polar surface area (TPSA) is 73.0 Å². The molecule has 0 radical (unpaired) electrons. The van der Waals surface area contributed by atoms with Gasteiger partial charge in [0.2, 0.25) is 5.91 Å². The predicted molar refractivity (Wildman–Crippen MR) is 102 cm³/mol. The van der Waals surface area contributed by atoms with Gasteiger partial charge in [0, 0.05) is 22.9 Å². The van der Waals surface area contributed by atoms with Gasteiger partial charge >= 0.3 is 6.01 Å². The summed E-state index contributed by atoms with van der Waals surface area (Å²) in [5.41, 5.74) is 3.03. The lowest BCUT2D eigenvalue weighted by atomic mass is 9.85. The summed E-state index contributed by atoms with van der Waals surface area (Å²) in [6, 6.07) is 11.9. The van der Waals surface area contributed by atoms with Gasteiger partial charge in [-0.25, -0.2) is 4.39 Å². The highest BCUT2D eigenvalue weighted by atomic mass is 35.5. The molecule has 3 heterocycles. The average molecular weight is 397 g/mol. The van der Waals surface area contributed by atoms with Crippen molar-refractivity contribution in [1.29, 1.82) is 0 Å². The Bertz CT molecular complexity index is 1210. The van der Waals surface area contributed by atoms with Gasteiger partial charge in [-0.2, -0.15) is 14.8 Å². The minimum atomic E-state index is -0.499. The molecule has 0 spiro atoms. The summed E-state index contributed by atoms with van der Waals surface area (Å²) in [7, 11) is 0. The van der Waals surface area contributed by atoms with Gasteiger partial charge in [-0.3, -0.25) is 4.79 Å². The van der Waals surface area contributed by atoms with E-state index in [2.05, 4.69) is 15.4 Å². The first-order chi connectivity index (χ1) is 13.5. The number of carbonyl (C=O) groups is 1. The fraction of sp³-hybridized carbons (Fsp3) is 0.150. The van der Waals surface area contributed by atoms with Crippen molar-refractivity contribution in [3.05, 3.63) is 70.1 Å². The number of aromatic nitrogens is 3. The zero-order chi connectivity index (χ0) is 19.4. The number of nitrogens with zero attached hydrogens (tertiary/aromatic N) is 3. The molecule has 1 aliphatic rings. The van der Waals surface area contributed by atoms with Crippen molar-refractivity contribution in [1.82, 2.24) is 14.8 Å². The molecule has 6 nitrogen and oxygen atoms in total. The number of anilines is 1. The van der Waals surface area contributed by atoms with Crippen molar-refractivity contribution in [2.75, 3.05) is 5.32 Å². The Morgan fingerprint density at radius 3 is 2.93 bits per heavy atom. The minimum absolute atomic E-state index is 0.102. The number of hydrogen-bond donors (Lipinski definition) is 1. The highest BCUT2D eigenvalue weighted by molar-refractivity contribution is 6.30. The summed E-state index contributed by atoms with van der Waals surface area (Å²) in [5, 5.41) is 7.75. The first kappa shape index (κ1) is 16.9. The third kappa shape index (κ3) is 2.58. The number of amides is 1. The lowest BCUT2D eigenvalue weighted by molar-refractivity contribution is -0.116. The van der Waals surface area contributed by atoms with E-state index in [9.17, 15) is 9.18 Å². The van der Waals surface area contributed by atoms with Crippen LogP contribution in [0.4, 0.5) is 10.2 Å². The summed E-state index contributed by atoms with van der Waals surface area (Å²) in [6.45, 7) is 1.81. The van der Waals surface area contributed by atoms with Crippen LogP contribution < -0.4 is 5.32 Å². The predicted octanol–water partition coefficient (Wildman–Crippen LogP) is 4.59. The first-order valence-electron chi connectivity index (χ1n) is 8.71. The van der Waals surface area contributed by atoms with E-state index in [1.807, 2.05) is 25.1 Å². The molecule has 0 unspecified atom stereocenters. The molecular weight excluding hydrogens is 383 g/mol. The fourth-order valence-corrected chi connectivity index (χ4v) is 3.86. The zero-order valence-electron chi connectivity index (χ0n) is 14.7. The number of para-hydroxylation sites is 2. The molecular formula is C20H14ClFN4O2. The molecule has 1 aliphatic heterocycles. The molecule has 0 saturated heterocycles. The second-order valence-corrected chi connectivity index (χ2v) is 7.13. The number of aryl methyl sites for hydroxylation is 1. The van der Waals surface area contributed by atoms with E-state index < -0.39 is 11.7 Å². The molecule has 0 bridgehead atoms. The van der Waals surface area contributed by atoms with E-state index in [-0.39, 0.29) is 18.3 Å². The van der Waals surface area contributed by atoms with Gasteiger partial charge in [0.1, 0.15) is 17.2 Å². The van der Waals surface area contributed by atoms with Crippen LogP contribution in [-0.2, 0) is 4.79 Å². The molecule has 2 aromatic carbocycles. The Hall–Kier alpha value is -3.19. The third-order valence-electron chi connectivity index (χ3n) is 4.90. The molecule has 0 aliphatic carbocycles. The normalized spacial score (nSPS) is 16.2. The van der Waals surface area contributed by atoms with Crippen molar-refractivity contribution < 1.29 is 13.6 Å². The van der Waals surface area contributed by atoms with Gasteiger partial charge in [0.25, 0.3) is 0 Å². The van der Waals surface area contributed by atoms with Crippen molar-refractivity contribution in [3.63, 3.8) is 0 Å². The molecule has 2 aromatic heterocycles. The molecule has 4 aromatic rings. The van der Waals surface area contributed by atoms with Crippen molar-refractivity contribution in [3.8, 4) is 6.01 Å². The van der Waals surface area contributed by atoms with Crippen LogP contribution in [0.3, 0.4) is 0 Å². The number of oxazole rings is 1. The number of carbonyl (C=O) groups excluding carboxylic acids is 1. The number of fused-ring (bicyclic) bond motifs is 2. The van der Waals surface area contributed by atoms with Gasteiger partial charge in [0.15, 0.2) is 5.58 Å². The van der Waals surface area contributed by atoms with Gasteiger partial charge in [-0.05, 0) is 42.8 Å². The van der Waals surface area contributed by atoms with Gasteiger partial charge in [-0.1, -0.05) is 23.7 Å². The fourth-order valence-electron chi connectivity index (χ4n) is 3.68. The third-order valence-corrected chi connectivity index (χ3v) is 5.13. The molecule has 1 amide bonds. The molecule has 8 heteroatoms. The van der Waals surface area contributed by atoms with E-state index in [1.165, 1.54) is 16.8 Å². The lowest BCUT2D eigenvalue weighted by Crippen LogP contribution is -2.25.